The van der Waals surface area contributed by atoms with Crippen molar-refractivity contribution in [3.63, 3.8) is 0 Å². The van der Waals surface area contributed by atoms with Gasteiger partial charge in [0.15, 0.2) is 11.0 Å². The Kier molecular flexibility index (Phi) is 7.27. The molecule has 1 N–H and O–H groups in total. The molecule has 0 aliphatic carbocycles. The summed E-state index contributed by atoms with van der Waals surface area (Å²) in [6.45, 7) is 2.76. The van der Waals surface area contributed by atoms with E-state index >= 15 is 0 Å². The molecule has 0 saturated heterocycles. The van der Waals surface area contributed by atoms with Crippen LogP contribution in [0.3, 0.4) is 0 Å². The number of benzene rings is 2. The van der Waals surface area contributed by atoms with Gasteiger partial charge < -0.3 is 4.57 Å². The molecule has 6 nitrogen and oxygen atoms in total. The zero-order chi connectivity index (χ0) is 19.8. The van der Waals surface area contributed by atoms with E-state index in [9.17, 15) is 4.79 Å². The highest BCUT2D eigenvalue weighted by Crippen LogP contribution is 2.23. The van der Waals surface area contributed by atoms with Gasteiger partial charge in [0.25, 0.3) is 5.91 Å². The maximum absolute atomic E-state index is 12.1. The number of carbonyl (C=O) groups excluding carboxylic acids is 1. The minimum atomic E-state index is -0.186. The first kappa shape index (κ1) is 20.2. The van der Waals surface area contributed by atoms with Gasteiger partial charge in [-0.25, -0.2) is 5.43 Å². The van der Waals surface area contributed by atoms with Crippen molar-refractivity contribution in [2.75, 3.05) is 12.0 Å². The summed E-state index contributed by atoms with van der Waals surface area (Å²) in [6, 6.07) is 17.9. The van der Waals surface area contributed by atoms with Crippen LogP contribution in [0.1, 0.15) is 12.5 Å². The molecule has 0 saturated carbocycles. The second-order valence-electron chi connectivity index (χ2n) is 5.77. The summed E-state index contributed by atoms with van der Waals surface area (Å²) in [4.78, 5) is 13.3. The monoisotopic (exact) mass is 411 g/mol. The lowest BCUT2D eigenvalue weighted by Gasteiger charge is -2.06. The smallest absolute Gasteiger partial charge is 0.250 e. The normalized spacial score (nSPS) is 11.1. The van der Waals surface area contributed by atoms with Gasteiger partial charge in [0, 0.05) is 17.0 Å². The molecule has 8 heteroatoms. The third kappa shape index (κ3) is 5.24. The average Bonchev–Trinajstić information content (AvgIpc) is 3.16. The first-order valence-corrected chi connectivity index (χ1v) is 11.0. The molecule has 28 heavy (non-hydrogen) atoms. The fraction of sp³-hybridized carbons (Fsp3) is 0.200. The molecule has 0 spiro atoms. The number of hydrogen-bond acceptors (Lipinski definition) is 6. The quantitative estimate of drug-likeness (QED) is 0.345. The largest absolute Gasteiger partial charge is 0.302 e. The molecule has 1 heterocycles. The van der Waals surface area contributed by atoms with Gasteiger partial charge >= 0.3 is 0 Å². The average molecular weight is 412 g/mol. The van der Waals surface area contributed by atoms with Gasteiger partial charge in [-0.3, -0.25) is 4.79 Å². The molecule has 3 rings (SSSR count). The number of aromatic nitrogens is 3. The summed E-state index contributed by atoms with van der Waals surface area (Å²) < 4.78 is 2.00. The first-order valence-electron chi connectivity index (χ1n) is 8.78. The second kappa shape index (κ2) is 10.1. The first-order chi connectivity index (χ1) is 13.7. The molecule has 1 aromatic heterocycles. The zero-order valence-corrected chi connectivity index (χ0v) is 17.3. The van der Waals surface area contributed by atoms with Gasteiger partial charge in [0.1, 0.15) is 0 Å². The fourth-order valence-corrected chi connectivity index (χ4v) is 3.72. The molecule has 0 aliphatic rings. The molecule has 0 unspecified atom stereocenters. The zero-order valence-electron chi connectivity index (χ0n) is 15.7. The lowest BCUT2D eigenvalue weighted by molar-refractivity contribution is -0.118. The maximum atomic E-state index is 12.1. The molecule has 3 aromatic rings. The van der Waals surface area contributed by atoms with Crippen molar-refractivity contribution in [2.24, 2.45) is 5.10 Å². The van der Waals surface area contributed by atoms with E-state index in [0.717, 1.165) is 23.5 Å². The van der Waals surface area contributed by atoms with E-state index in [1.165, 1.54) is 16.7 Å². The Morgan fingerprint density at radius 2 is 1.89 bits per heavy atom. The van der Waals surface area contributed by atoms with Gasteiger partial charge in [0.05, 0.1) is 12.0 Å². The molecule has 1 amide bonds. The Morgan fingerprint density at radius 1 is 1.14 bits per heavy atom. The van der Waals surface area contributed by atoms with Crippen LogP contribution in [0.25, 0.3) is 11.4 Å². The lowest BCUT2D eigenvalue weighted by Crippen LogP contribution is -2.20. The Balaban J connectivity index is 1.55. The highest BCUT2D eigenvalue weighted by Gasteiger charge is 2.14. The Bertz CT molecular complexity index is 939. The Labute approximate surface area is 172 Å². The highest BCUT2D eigenvalue weighted by molar-refractivity contribution is 7.99. The van der Waals surface area contributed by atoms with Crippen LogP contribution in [0.4, 0.5) is 0 Å². The van der Waals surface area contributed by atoms with Crippen LogP contribution in [0.15, 0.2) is 69.8 Å². The number of hydrazone groups is 1. The van der Waals surface area contributed by atoms with Crippen molar-refractivity contribution >= 4 is 35.6 Å². The Morgan fingerprint density at radius 3 is 2.57 bits per heavy atom. The molecule has 0 fully saturated rings. The molecule has 0 aliphatic heterocycles. The van der Waals surface area contributed by atoms with Crippen LogP contribution in [-0.4, -0.2) is 38.9 Å². The maximum Gasteiger partial charge on any atom is 0.250 e. The van der Waals surface area contributed by atoms with Crippen LogP contribution in [0.2, 0.25) is 0 Å². The lowest BCUT2D eigenvalue weighted by atomic mass is 10.2. The number of rotatable bonds is 8. The van der Waals surface area contributed by atoms with Crippen LogP contribution < -0.4 is 5.43 Å². The van der Waals surface area contributed by atoms with Crippen molar-refractivity contribution in [1.29, 1.82) is 0 Å². The fourth-order valence-electron chi connectivity index (χ4n) is 2.51. The summed E-state index contributed by atoms with van der Waals surface area (Å²) in [6.07, 6.45) is 3.66. The summed E-state index contributed by atoms with van der Waals surface area (Å²) in [5.41, 5.74) is 4.49. The number of nitrogens with zero attached hydrogens (tertiary/aromatic N) is 4. The van der Waals surface area contributed by atoms with Crippen LogP contribution >= 0.6 is 23.5 Å². The van der Waals surface area contributed by atoms with Crippen molar-refractivity contribution in [2.45, 2.75) is 23.5 Å². The summed E-state index contributed by atoms with van der Waals surface area (Å²) in [5, 5.41) is 13.2. The van der Waals surface area contributed by atoms with Crippen molar-refractivity contribution in [3.8, 4) is 11.4 Å². The van der Waals surface area contributed by atoms with Gasteiger partial charge in [-0.2, -0.15) is 5.10 Å². The molecule has 0 radical (unpaired) electrons. The molecular weight excluding hydrogens is 390 g/mol. The standard InChI is InChI=1S/C20H21N5OS2/c1-3-25-19(16-7-5-4-6-8-16)23-24-20(25)28-14-18(26)22-21-13-15-9-11-17(27-2)12-10-15/h4-13H,3,14H2,1-2H3,(H,22,26)/b21-13+. The van der Waals surface area contributed by atoms with Crippen LogP contribution in [0.5, 0.6) is 0 Å². The molecule has 0 bridgehead atoms. The van der Waals surface area contributed by atoms with Crippen molar-refractivity contribution in [1.82, 2.24) is 20.2 Å². The van der Waals surface area contributed by atoms with Crippen LogP contribution in [-0.2, 0) is 11.3 Å². The van der Waals surface area contributed by atoms with E-state index in [-0.39, 0.29) is 11.7 Å². The summed E-state index contributed by atoms with van der Waals surface area (Å²) >= 11 is 3.03. The van der Waals surface area contributed by atoms with Crippen molar-refractivity contribution in [3.05, 3.63) is 60.2 Å². The molecule has 144 valence electrons. The second-order valence-corrected chi connectivity index (χ2v) is 7.59. The number of carbonyl (C=O) groups is 1. The number of hydrogen-bond donors (Lipinski definition) is 1. The number of nitrogens with one attached hydrogen (secondary N) is 1. The van der Waals surface area contributed by atoms with E-state index in [1.54, 1.807) is 18.0 Å². The van der Waals surface area contributed by atoms with Crippen LogP contribution in [0, 0.1) is 0 Å². The molecule has 0 atom stereocenters. The summed E-state index contributed by atoms with van der Waals surface area (Å²) in [7, 11) is 0. The van der Waals surface area contributed by atoms with E-state index in [0.29, 0.717) is 5.16 Å². The van der Waals surface area contributed by atoms with E-state index in [1.807, 2.05) is 72.3 Å². The third-order valence-electron chi connectivity index (χ3n) is 3.92. The van der Waals surface area contributed by atoms with Gasteiger partial charge in [-0.15, -0.1) is 22.0 Å². The predicted octanol–water partition coefficient (Wildman–Crippen LogP) is 3.93. The molecular formula is C20H21N5OS2. The Hall–Kier alpha value is -2.58. The highest BCUT2D eigenvalue weighted by atomic mass is 32.2. The van der Waals surface area contributed by atoms with Gasteiger partial charge in [-0.05, 0) is 30.9 Å². The van der Waals surface area contributed by atoms with E-state index in [2.05, 4.69) is 20.7 Å². The SMILES string of the molecule is CCn1c(SCC(=O)N/N=C/c2ccc(SC)cc2)nnc1-c1ccccc1. The topological polar surface area (TPSA) is 72.2 Å². The van der Waals surface area contributed by atoms with E-state index in [4.69, 9.17) is 0 Å². The molecule has 2 aromatic carbocycles. The minimum absolute atomic E-state index is 0.186. The minimum Gasteiger partial charge on any atom is -0.302 e. The summed E-state index contributed by atoms with van der Waals surface area (Å²) in [5.74, 6) is 0.835. The van der Waals surface area contributed by atoms with Gasteiger partial charge in [-0.1, -0.05) is 54.2 Å². The number of thioether (sulfide) groups is 2. The van der Waals surface area contributed by atoms with E-state index < -0.39 is 0 Å². The van der Waals surface area contributed by atoms with Gasteiger partial charge in [0.2, 0.25) is 0 Å². The number of amides is 1. The van der Waals surface area contributed by atoms with Crippen molar-refractivity contribution < 1.29 is 4.79 Å². The third-order valence-corrected chi connectivity index (χ3v) is 5.63. The predicted molar refractivity (Wildman–Crippen MR) is 116 cm³/mol.